The first-order valence-electron chi connectivity index (χ1n) is 17.7. The number of aromatic nitrogens is 6. The topological polar surface area (TPSA) is 105 Å². The Balaban J connectivity index is 0.00000220. The molecule has 0 radical (unpaired) electrons. The molecular formula is C39H46N8O4. The van der Waals surface area contributed by atoms with E-state index >= 15 is 0 Å². The molecule has 3 unspecified atom stereocenters. The van der Waals surface area contributed by atoms with Gasteiger partial charge in [-0.3, -0.25) is 0 Å². The molecule has 0 N–H and O–H groups in total. The van der Waals surface area contributed by atoms with Gasteiger partial charge in [0.1, 0.15) is 31.3 Å². The van der Waals surface area contributed by atoms with E-state index in [2.05, 4.69) is 62.2 Å². The van der Waals surface area contributed by atoms with Gasteiger partial charge in [-0.15, -0.1) is 6.42 Å². The average molecular weight is 691 g/mol. The summed E-state index contributed by atoms with van der Waals surface area (Å²) < 4.78 is 22.1. The Morgan fingerprint density at radius 2 is 1.47 bits per heavy atom. The fraction of sp³-hybridized carbons (Fsp3) is 0.385. The van der Waals surface area contributed by atoms with Crippen molar-refractivity contribution in [1.29, 1.82) is 0 Å². The van der Waals surface area contributed by atoms with Crippen molar-refractivity contribution in [1.82, 2.24) is 29.3 Å². The van der Waals surface area contributed by atoms with Gasteiger partial charge in [-0.05, 0) is 74.0 Å². The zero-order valence-electron chi connectivity index (χ0n) is 29.8. The van der Waals surface area contributed by atoms with Crippen LogP contribution >= 0.6 is 0 Å². The van der Waals surface area contributed by atoms with Crippen molar-refractivity contribution in [2.75, 3.05) is 49.2 Å². The third kappa shape index (κ3) is 7.85. The van der Waals surface area contributed by atoms with Gasteiger partial charge in [0.15, 0.2) is 0 Å². The van der Waals surface area contributed by atoms with Crippen molar-refractivity contribution in [3.05, 3.63) is 113 Å². The second-order valence-electron chi connectivity index (χ2n) is 12.4. The smallest absolute Gasteiger partial charge is 0.350 e. The third-order valence-electron chi connectivity index (χ3n) is 9.28. The highest BCUT2D eigenvalue weighted by Gasteiger charge is 2.44. The minimum absolute atomic E-state index is 0.0673. The lowest BCUT2D eigenvalue weighted by Crippen LogP contribution is -2.46. The van der Waals surface area contributed by atoms with Crippen LogP contribution in [0.1, 0.15) is 51.3 Å². The van der Waals surface area contributed by atoms with E-state index in [1.54, 1.807) is 32.8 Å². The van der Waals surface area contributed by atoms with E-state index in [9.17, 15) is 4.79 Å². The fourth-order valence-electron chi connectivity index (χ4n) is 6.26. The van der Waals surface area contributed by atoms with Crippen molar-refractivity contribution in [3.63, 3.8) is 0 Å². The summed E-state index contributed by atoms with van der Waals surface area (Å²) in [6.07, 6.45) is 11.0. The van der Waals surface area contributed by atoms with Crippen molar-refractivity contribution < 1.29 is 14.2 Å². The van der Waals surface area contributed by atoms with Gasteiger partial charge in [0.2, 0.25) is 5.79 Å². The maximum Gasteiger partial charge on any atom is 0.350 e. The first kappa shape index (κ1) is 35.4. The Morgan fingerprint density at radius 1 is 0.882 bits per heavy atom. The van der Waals surface area contributed by atoms with Crippen molar-refractivity contribution in [3.8, 4) is 23.8 Å². The SMILES string of the molecule is C#Cc1ccc(C2(Cn3nccn3)OCC(COc3ccc(N4CCN(c5ccc(-n6cnn(C(C)CC)c6=O)cc5)CC4)cc3)O2)cc1.CC. The normalized spacial score (nSPS) is 19.2. The standard InChI is InChI=1S/C37H40N8O4.C2H6/c1-4-28(3)45-36(46)43(27-40-45)33-12-10-31(11-13-33)41-20-22-42(23-21-41)32-14-16-34(17-15-32)47-24-35-25-48-37(49-35,26-44-38-18-19-39-44)30-8-6-29(5-2)7-9-30;1-2/h2,6-19,27-28,35H,4,20-26H2,1,3H3;1-2H3. The molecule has 3 atom stereocenters. The highest BCUT2D eigenvalue weighted by atomic mass is 16.8. The summed E-state index contributed by atoms with van der Waals surface area (Å²) in [5.74, 6) is 2.37. The van der Waals surface area contributed by atoms with E-state index in [4.69, 9.17) is 20.6 Å². The molecule has 0 bridgehead atoms. The molecule has 0 amide bonds. The van der Waals surface area contributed by atoms with Crippen LogP contribution in [0, 0.1) is 12.3 Å². The number of ether oxygens (including phenoxy) is 3. The van der Waals surface area contributed by atoms with Gasteiger partial charge < -0.3 is 24.0 Å². The second-order valence-corrected chi connectivity index (χ2v) is 12.4. The molecule has 0 saturated carbocycles. The van der Waals surface area contributed by atoms with Gasteiger partial charge >= 0.3 is 5.69 Å². The summed E-state index contributed by atoms with van der Waals surface area (Å²) >= 11 is 0. The van der Waals surface area contributed by atoms with E-state index < -0.39 is 5.79 Å². The van der Waals surface area contributed by atoms with Crippen LogP contribution in [0.15, 0.2) is 96.3 Å². The van der Waals surface area contributed by atoms with Crippen LogP contribution in [0.2, 0.25) is 0 Å². The molecule has 3 aromatic carbocycles. The largest absolute Gasteiger partial charge is 0.491 e. The number of hydrogen-bond acceptors (Lipinski definition) is 9. The molecule has 2 aliphatic heterocycles. The molecule has 0 spiro atoms. The predicted molar refractivity (Wildman–Crippen MR) is 197 cm³/mol. The Kier molecular flexibility index (Phi) is 11.2. The molecule has 12 heteroatoms. The summed E-state index contributed by atoms with van der Waals surface area (Å²) in [7, 11) is 0. The summed E-state index contributed by atoms with van der Waals surface area (Å²) in [5, 5.41) is 12.8. The average Bonchev–Trinajstić information content (AvgIpc) is 3.96. The lowest BCUT2D eigenvalue weighted by Gasteiger charge is -2.37. The molecule has 0 aliphatic carbocycles. The lowest BCUT2D eigenvalue weighted by molar-refractivity contribution is -0.192. The molecule has 2 aliphatic rings. The van der Waals surface area contributed by atoms with E-state index in [1.165, 1.54) is 0 Å². The molecule has 2 saturated heterocycles. The minimum atomic E-state index is -1.05. The van der Waals surface area contributed by atoms with Gasteiger partial charge in [0.05, 0.1) is 30.7 Å². The molecule has 2 aromatic heterocycles. The summed E-state index contributed by atoms with van der Waals surface area (Å²) in [6, 6.07) is 24.0. The molecule has 4 heterocycles. The number of piperazine rings is 1. The zero-order valence-corrected chi connectivity index (χ0v) is 29.8. The van der Waals surface area contributed by atoms with Crippen molar-refractivity contribution >= 4 is 11.4 Å². The first-order valence-corrected chi connectivity index (χ1v) is 17.7. The number of benzene rings is 3. The first-order chi connectivity index (χ1) is 24.9. The maximum absolute atomic E-state index is 12.8. The second kappa shape index (κ2) is 16.1. The predicted octanol–water partition coefficient (Wildman–Crippen LogP) is 5.28. The highest BCUT2D eigenvalue weighted by Crippen LogP contribution is 2.36. The summed E-state index contributed by atoms with van der Waals surface area (Å²) in [4.78, 5) is 19.1. The molecule has 7 rings (SSSR count). The molecule has 2 fully saturated rings. The van der Waals surface area contributed by atoms with E-state index in [1.807, 2.05) is 69.3 Å². The highest BCUT2D eigenvalue weighted by molar-refractivity contribution is 5.54. The molecule has 12 nitrogen and oxygen atoms in total. The Labute approximate surface area is 299 Å². The number of nitrogens with zero attached hydrogens (tertiary/aromatic N) is 8. The quantitative estimate of drug-likeness (QED) is 0.171. The van der Waals surface area contributed by atoms with Gasteiger partial charge in [0, 0.05) is 48.7 Å². The zero-order chi connectivity index (χ0) is 35.8. The van der Waals surface area contributed by atoms with Crippen LogP contribution in [0.5, 0.6) is 5.75 Å². The van der Waals surface area contributed by atoms with E-state index in [-0.39, 0.29) is 17.8 Å². The van der Waals surface area contributed by atoms with Crippen LogP contribution in [-0.2, 0) is 21.8 Å². The van der Waals surface area contributed by atoms with Gasteiger partial charge in [-0.2, -0.15) is 20.1 Å². The Bertz CT molecular complexity index is 1920. The number of anilines is 2. The monoisotopic (exact) mass is 690 g/mol. The summed E-state index contributed by atoms with van der Waals surface area (Å²) in [6.45, 7) is 12.6. The molecular weight excluding hydrogens is 644 g/mol. The van der Waals surface area contributed by atoms with Gasteiger partial charge in [0.25, 0.3) is 0 Å². The number of rotatable bonds is 11. The van der Waals surface area contributed by atoms with Gasteiger partial charge in [-0.1, -0.05) is 38.8 Å². The summed E-state index contributed by atoms with van der Waals surface area (Å²) in [5.41, 5.74) is 4.63. The third-order valence-corrected chi connectivity index (χ3v) is 9.28. The van der Waals surface area contributed by atoms with Crippen molar-refractivity contribution in [2.45, 2.75) is 58.6 Å². The van der Waals surface area contributed by atoms with Crippen LogP contribution in [-0.4, -0.2) is 74.8 Å². The maximum atomic E-state index is 12.8. The van der Waals surface area contributed by atoms with Crippen LogP contribution < -0.4 is 20.2 Å². The Hall–Kier alpha value is -5.38. The van der Waals surface area contributed by atoms with E-state index in [0.717, 1.165) is 66.5 Å². The molecule has 51 heavy (non-hydrogen) atoms. The van der Waals surface area contributed by atoms with E-state index in [0.29, 0.717) is 19.8 Å². The van der Waals surface area contributed by atoms with Crippen molar-refractivity contribution in [2.24, 2.45) is 0 Å². The van der Waals surface area contributed by atoms with Crippen LogP contribution in [0.25, 0.3) is 5.69 Å². The van der Waals surface area contributed by atoms with Gasteiger partial charge in [-0.25, -0.2) is 14.0 Å². The molecule has 5 aromatic rings. The Morgan fingerprint density at radius 3 is 2.06 bits per heavy atom. The number of terminal acetylenes is 1. The van der Waals surface area contributed by atoms with Crippen LogP contribution in [0.3, 0.4) is 0 Å². The number of hydrogen-bond donors (Lipinski definition) is 0. The fourth-order valence-corrected chi connectivity index (χ4v) is 6.26. The lowest BCUT2D eigenvalue weighted by atomic mass is 10.0. The minimum Gasteiger partial charge on any atom is -0.491 e. The molecule has 266 valence electrons. The van der Waals surface area contributed by atoms with Crippen LogP contribution in [0.4, 0.5) is 11.4 Å².